The van der Waals surface area contributed by atoms with E-state index in [1.165, 1.54) is 31.7 Å². The summed E-state index contributed by atoms with van der Waals surface area (Å²) >= 11 is 0. The molecule has 0 fully saturated rings. The van der Waals surface area contributed by atoms with Gasteiger partial charge in [-0.2, -0.15) is 0 Å². The van der Waals surface area contributed by atoms with Crippen LogP contribution in [0.25, 0.3) is 0 Å². The molecule has 32 heavy (non-hydrogen) atoms. The van der Waals surface area contributed by atoms with Crippen molar-refractivity contribution in [3.63, 3.8) is 0 Å². The topological polar surface area (TPSA) is 17.1 Å². The van der Waals surface area contributed by atoms with E-state index in [1.54, 1.807) is 6.07 Å². The van der Waals surface area contributed by atoms with Crippen LogP contribution in [0.4, 0.5) is 4.39 Å². The smallest absolute Gasteiger partial charge is 0.140 e. The maximum Gasteiger partial charge on any atom is 0.140 e. The SMILES string of the molecule is CC.CC.CCC(C)C(=O)C(C)(C)C.CCCCCC(C)C.CCc1cc(C)ccc1F. The highest BCUT2D eigenvalue weighted by molar-refractivity contribution is 5.85. The number of carbonyl (C=O) groups is 1. The van der Waals surface area contributed by atoms with Crippen LogP contribution in [0.1, 0.15) is 133 Å². The molecule has 1 aromatic rings. The molecule has 0 saturated carbocycles. The molecule has 0 heterocycles. The lowest BCUT2D eigenvalue weighted by Gasteiger charge is -2.20. The number of benzene rings is 1. The molecule has 2 heteroatoms. The Morgan fingerprint density at radius 1 is 0.938 bits per heavy atom. The van der Waals surface area contributed by atoms with Crippen molar-refractivity contribution in [1.82, 2.24) is 0 Å². The van der Waals surface area contributed by atoms with Gasteiger partial charge in [0.25, 0.3) is 0 Å². The highest BCUT2D eigenvalue weighted by Gasteiger charge is 2.24. The Morgan fingerprint density at radius 3 is 1.72 bits per heavy atom. The van der Waals surface area contributed by atoms with E-state index in [0.29, 0.717) is 5.78 Å². The number of rotatable bonds is 7. The Morgan fingerprint density at radius 2 is 1.44 bits per heavy atom. The minimum atomic E-state index is -0.157. The van der Waals surface area contributed by atoms with E-state index in [2.05, 4.69) is 20.8 Å². The first kappa shape index (κ1) is 38.1. The lowest BCUT2D eigenvalue weighted by Crippen LogP contribution is -2.26. The van der Waals surface area contributed by atoms with Crippen molar-refractivity contribution in [1.29, 1.82) is 0 Å². The van der Waals surface area contributed by atoms with E-state index >= 15 is 0 Å². The first-order chi connectivity index (χ1) is 14.9. The van der Waals surface area contributed by atoms with Gasteiger partial charge >= 0.3 is 0 Å². The molecule has 0 spiro atoms. The summed E-state index contributed by atoms with van der Waals surface area (Å²) in [6, 6.07) is 5.19. The van der Waals surface area contributed by atoms with Gasteiger partial charge in [-0.25, -0.2) is 4.39 Å². The van der Waals surface area contributed by atoms with Crippen LogP contribution < -0.4 is 0 Å². The van der Waals surface area contributed by atoms with Gasteiger partial charge in [0.2, 0.25) is 0 Å². The number of hydrogen-bond donors (Lipinski definition) is 0. The minimum absolute atomic E-state index is 0.0897. The average molecular weight is 455 g/mol. The molecule has 0 radical (unpaired) electrons. The zero-order valence-corrected chi connectivity index (χ0v) is 24.4. The summed E-state index contributed by atoms with van der Waals surface area (Å²) in [6.07, 6.45) is 7.33. The molecule has 0 aliphatic carbocycles. The Balaban J connectivity index is -0.000000171. The molecule has 1 aromatic carbocycles. The molecular formula is C30H59FO. The van der Waals surface area contributed by atoms with Crippen LogP contribution >= 0.6 is 0 Å². The van der Waals surface area contributed by atoms with E-state index in [1.807, 2.05) is 82.2 Å². The average Bonchev–Trinajstić information content (AvgIpc) is 2.77. The molecular weight excluding hydrogens is 395 g/mol. The molecule has 0 N–H and O–H groups in total. The van der Waals surface area contributed by atoms with E-state index < -0.39 is 0 Å². The zero-order valence-electron chi connectivity index (χ0n) is 24.4. The molecule has 0 aliphatic heterocycles. The first-order valence-corrected chi connectivity index (χ1v) is 13.2. The van der Waals surface area contributed by atoms with Crippen molar-refractivity contribution in [2.24, 2.45) is 17.3 Å². The summed E-state index contributed by atoms with van der Waals surface area (Å²) < 4.78 is 12.8. The molecule has 0 saturated heterocycles. The predicted octanol–water partition coefficient (Wildman–Crippen LogP) is 10.6. The second-order valence-electron chi connectivity index (χ2n) is 9.26. The molecule has 1 atom stereocenters. The van der Waals surface area contributed by atoms with Crippen molar-refractivity contribution in [3.05, 3.63) is 35.1 Å². The van der Waals surface area contributed by atoms with Crippen LogP contribution in [0.5, 0.6) is 0 Å². The molecule has 1 rings (SSSR count). The van der Waals surface area contributed by atoms with Gasteiger partial charge in [-0.3, -0.25) is 4.79 Å². The number of unbranched alkanes of at least 4 members (excludes halogenated alkanes) is 2. The van der Waals surface area contributed by atoms with E-state index in [-0.39, 0.29) is 17.2 Å². The normalized spacial score (nSPS) is 10.8. The van der Waals surface area contributed by atoms with Gasteiger partial charge in [-0.15, -0.1) is 0 Å². The highest BCUT2D eigenvalue weighted by atomic mass is 19.1. The van der Waals surface area contributed by atoms with Crippen LogP contribution in [0.3, 0.4) is 0 Å². The third kappa shape index (κ3) is 23.5. The number of ketones is 1. The van der Waals surface area contributed by atoms with Gasteiger partial charge in [-0.1, -0.05) is 133 Å². The Labute approximate surface area is 203 Å². The number of hydrogen-bond acceptors (Lipinski definition) is 1. The van der Waals surface area contributed by atoms with Crippen molar-refractivity contribution in [3.8, 4) is 0 Å². The van der Waals surface area contributed by atoms with E-state index in [4.69, 9.17) is 0 Å². The van der Waals surface area contributed by atoms with Gasteiger partial charge in [0.1, 0.15) is 11.6 Å². The van der Waals surface area contributed by atoms with Gasteiger partial charge < -0.3 is 0 Å². The van der Waals surface area contributed by atoms with Crippen molar-refractivity contribution >= 4 is 5.78 Å². The molecule has 0 aliphatic rings. The summed E-state index contributed by atoms with van der Waals surface area (Å²) in [5, 5.41) is 0. The molecule has 192 valence electrons. The summed E-state index contributed by atoms with van der Waals surface area (Å²) in [5.74, 6) is 1.41. The monoisotopic (exact) mass is 454 g/mol. The molecule has 1 nitrogen and oxygen atoms in total. The van der Waals surface area contributed by atoms with Crippen molar-refractivity contribution in [2.75, 3.05) is 0 Å². The summed E-state index contributed by atoms with van der Waals surface area (Å²) in [6.45, 7) is 28.7. The largest absolute Gasteiger partial charge is 0.299 e. The summed E-state index contributed by atoms with van der Waals surface area (Å²) in [4.78, 5) is 11.4. The van der Waals surface area contributed by atoms with E-state index in [0.717, 1.165) is 29.9 Å². The standard InChI is InChI=1S/C9H11F.C9H18O.C8H18.2C2H6/c1-3-8-6-7(2)4-5-9(8)10;1-6-7(2)8(10)9(3,4)5;1-4-5-6-7-8(2)3;2*1-2/h4-6H,3H2,1-2H3;7H,6H2,1-5H3;8H,4-7H2,1-3H3;2*1-2H3. The fourth-order valence-electron chi connectivity index (χ4n) is 2.70. The van der Waals surface area contributed by atoms with Crippen LogP contribution in [0.15, 0.2) is 18.2 Å². The van der Waals surface area contributed by atoms with Gasteiger partial charge in [0.05, 0.1) is 0 Å². The third-order valence-corrected chi connectivity index (χ3v) is 4.77. The Bertz CT molecular complexity index is 526. The zero-order chi connectivity index (χ0) is 26.3. The lowest BCUT2D eigenvalue weighted by molar-refractivity contribution is -0.129. The number of carbonyl (C=O) groups excluding carboxylic acids is 1. The van der Waals surface area contributed by atoms with Crippen LogP contribution in [0.2, 0.25) is 0 Å². The second-order valence-corrected chi connectivity index (χ2v) is 9.26. The second kappa shape index (κ2) is 24.5. The fourth-order valence-corrected chi connectivity index (χ4v) is 2.70. The summed E-state index contributed by atoms with van der Waals surface area (Å²) in [7, 11) is 0. The number of Topliss-reactive ketones (excluding diaryl/α,β-unsaturated/α-hetero) is 1. The van der Waals surface area contributed by atoms with Crippen LogP contribution in [0, 0.1) is 30.0 Å². The molecule has 0 amide bonds. The predicted molar refractivity (Wildman–Crippen MR) is 146 cm³/mol. The first-order valence-electron chi connectivity index (χ1n) is 13.2. The molecule has 0 bridgehead atoms. The van der Waals surface area contributed by atoms with Gasteiger partial charge in [0, 0.05) is 11.3 Å². The number of halogens is 1. The lowest BCUT2D eigenvalue weighted by atomic mass is 9.83. The Hall–Kier alpha value is -1.18. The maximum atomic E-state index is 12.8. The Kier molecular flexibility index (Phi) is 29.1. The van der Waals surface area contributed by atoms with E-state index in [9.17, 15) is 9.18 Å². The maximum absolute atomic E-state index is 12.8. The fraction of sp³-hybridized carbons (Fsp3) is 0.767. The van der Waals surface area contributed by atoms with Crippen LogP contribution in [-0.4, -0.2) is 5.78 Å². The minimum Gasteiger partial charge on any atom is -0.299 e. The quantitative estimate of drug-likeness (QED) is 0.374. The van der Waals surface area contributed by atoms with Crippen molar-refractivity contribution < 1.29 is 9.18 Å². The molecule has 0 aromatic heterocycles. The third-order valence-electron chi connectivity index (χ3n) is 4.77. The molecule has 1 unspecified atom stereocenters. The highest BCUT2D eigenvalue weighted by Crippen LogP contribution is 2.21. The van der Waals surface area contributed by atoms with Crippen LogP contribution in [-0.2, 0) is 11.2 Å². The van der Waals surface area contributed by atoms with Gasteiger partial charge in [0.15, 0.2) is 0 Å². The summed E-state index contributed by atoms with van der Waals surface area (Å²) in [5.41, 5.74) is 1.77. The van der Waals surface area contributed by atoms with Crippen molar-refractivity contribution in [2.45, 2.75) is 135 Å². The van der Waals surface area contributed by atoms with Gasteiger partial charge in [-0.05, 0) is 37.3 Å². The number of aryl methyl sites for hydroxylation is 2.